The van der Waals surface area contributed by atoms with Crippen molar-refractivity contribution in [2.75, 3.05) is 18.6 Å². The molecular formula is C16H26N2O2S. The van der Waals surface area contributed by atoms with Crippen molar-refractivity contribution < 1.29 is 9.90 Å². The Morgan fingerprint density at radius 2 is 2.00 bits per heavy atom. The van der Waals surface area contributed by atoms with Crippen LogP contribution in [0.4, 0.5) is 4.79 Å². The number of hydrogen-bond donors (Lipinski definition) is 3. The second-order valence-electron chi connectivity index (χ2n) is 5.63. The molecule has 0 aliphatic carbocycles. The fraction of sp³-hybridized carbons (Fsp3) is 0.562. The van der Waals surface area contributed by atoms with Gasteiger partial charge in [-0.05, 0) is 32.1 Å². The molecule has 0 aliphatic heterocycles. The molecule has 0 heterocycles. The molecule has 2 atom stereocenters. The van der Waals surface area contributed by atoms with Crippen LogP contribution in [0.3, 0.4) is 0 Å². The first-order valence-corrected chi connectivity index (χ1v) is 8.59. The zero-order valence-electron chi connectivity index (χ0n) is 13.3. The van der Waals surface area contributed by atoms with E-state index in [-0.39, 0.29) is 18.6 Å². The maximum Gasteiger partial charge on any atom is 0.315 e. The lowest BCUT2D eigenvalue weighted by atomic mass is 10.0. The van der Waals surface area contributed by atoms with Gasteiger partial charge in [-0.1, -0.05) is 36.8 Å². The summed E-state index contributed by atoms with van der Waals surface area (Å²) in [7, 11) is 0. The number of carbonyl (C=O) groups is 1. The van der Waals surface area contributed by atoms with Crippen molar-refractivity contribution >= 4 is 17.8 Å². The number of thioether (sulfide) groups is 1. The lowest BCUT2D eigenvalue weighted by Gasteiger charge is -2.24. The number of hydrogen-bond acceptors (Lipinski definition) is 3. The Bertz CT molecular complexity index is 446. The van der Waals surface area contributed by atoms with Gasteiger partial charge in [-0.3, -0.25) is 0 Å². The minimum atomic E-state index is -0.887. The minimum Gasteiger partial charge on any atom is -0.387 e. The maximum atomic E-state index is 12.0. The smallest absolute Gasteiger partial charge is 0.315 e. The predicted octanol–water partition coefficient (Wildman–Crippen LogP) is 2.86. The van der Waals surface area contributed by atoms with Crippen molar-refractivity contribution in [3.05, 3.63) is 35.4 Å². The van der Waals surface area contributed by atoms with Crippen molar-refractivity contribution in [2.24, 2.45) is 0 Å². The molecule has 1 rings (SSSR count). The van der Waals surface area contributed by atoms with Crippen molar-refractivity contribution in [1.82, 2.24) is 10.6 Å². The Morgan fingerprint density at radius 3 is 2.52 bits per heavy atom. The third-order valence-electron chi connectivity index (χ3n) is 3.28. The van der Waals surface area contributed by atoms with Crippen LogP contribution in [-0.4, -0.2) is 35.3 Å². The molecule has 2 unspecified atom stereocenters. The molecule has 2 amide bonds. The quantitative estimate of drug-likeness (QED) is 0.726. The monoisotopic (exact) mass is 310 g/mol. The van der Waals surface area contributed by atoms with E-state index < -0.39 is 5.60 Å². The van der Waals surface area contributed by atoms with E-state index >= 15 is 0 Å². The number of aliphatic hydroxyl groups is 1. The summed E-state index contributed by atoms with van der Waals surface area (Å²) >= 11 is 1.56. The number of amides is 2. The summed E-state index contributed by atoms with van der Waals surface area (Å²) in [4.78, 5) is 12.0. The Morgan fingerprint density at radius 1 is 1.38 bits per heavy atom. The normalized spacial score (nSPS) is 15.1. The van der Waals surface area contributed by atoms with Gasteiger partial charge in [0.1, 0.15) is 0 Å². The van der Waals surface area contributed by atoms with E-state index in [9.17, 15) is 9.90 Å². The Balaban J connectivity index is 2.53. The standard InChI is InChI=1S/C16H26N2O2S/c1-5-14(13-8-6-12(2)7-9-13)18-15(19)17-10-16(3,20)11-21-4/h6-9,14,20H,5,10-11H2,1-4H3,(H2,17,18,19). The van der Waals surface area contributed by atoms with Gasteiger partial charge in [-0.2, -0.15) is 11.8 Å². The zero-order valence-corrected chi connectivity index (χ0v) is 14.1. The van der Waals surface area contributed by atoms with Crippen LogP contribution >= 0.6 is 11.8 Å². The van der Waals surface area contributed by atoms with Gasteiger partial charge in [0.15, 0.2) is 0 Å². The fourth-order valence-electron chi connectivity index (χ4n) is 2.06. The highest BCUT2D eigenvalue weighted by molar-refractivity contribution is 7.98. The second kappa shape index (κ2) is 8.29. The molecule has 0 aromatic heterocycles. The SMILES string of the molecule is CCC(NC(=O)NCC(C)(O)CSC)c1ccc(C)cc1. The minimum absolute atomic E-state index is 0.0175. The zero-order chi connectivity index (χ0) is 15.9. The number of urea groups is 1. The second-order valence-corrected chi connectivity index (χ2v) is 6.49. The number of carbonyl (C=O) groups excluding carboxylic acids is 1. The van der Waals surface area contributed by atoms with E-state index in [1.54, 1.807) is 18.7 Å². The first kappa shape index (κ1) is 17.9. The van der Waals surface area contributed by atoms with Crippen LogP contribution < -0.4 is 10.6 Å². The first-order valence-electron chi connectivity index (χ1n) is 7.20. The third-order valence-corrected chi connectivity index (χ3v) is 4.19. The summed E-state index contributed by atoms with van der Waals surface area (Å²) in [5.74, 6) is 0.586. The number of nitrogens with one attached hydrogen (secondary N) is 2. The average molecular weight is 310 g/mol. The largest absolute Gasteiger partial charge is 0.387 e. The van der Waals surface area contributed by atoms with Crippen molar-refractivity contribution in [3.8, 4) is 0 Å². The lowest BCUT2D eigenvalue weighted by molar-refractivity contribution is 0.0868. The Labute approximate surface area is 131 Å². The van der Waals surface area contributed by atoms with Gasteiger partial charge in [-0.15, -0.1) is 0 Å². The van der Waals surface area contributed by atoms with Gasteiger partial charge < -0.3 is 15.7 Å². The first-order chi connectivity index (χ1) is 9.88. The van der Waals surface area contributed by atoms with Crippen LogP contribution in [0, 0.1) is 6.92 Å². The summed E-state index contributed by atoms with van der Waals surface area (Å²) in [5, 5.41) is 15.7. The molecule has 0 aliphatic rings. The van der Waals surface area contributed by atoms with Crippen LogP contribution in [0.1, 0.15) is 37.4 Å². The van der Waals surface area contributed by atoms with Crippen LogP contribution in [0.5, 0.6) is 0 Å². The van der Waals surface area contributed by atoms with Crippen molar-refractivity contribution in [2.45, 2.75) is 38.8 Å². The molecule has 4 nitrogen and oxygen atoms in total. The number of aryl methyl sites for hydroxylation is 1. The van der Waals surface area contributed by atoms with E-state index in [2.05, 4.69) is 10.6 Å². The number of benzene rings is 1. The van der Waals surface area contributed by atoms with Gasteiger partial charge >= 0.3 is 6.03 Å². The van der Waals surface area contributed by atoms with Crippen LogP contribution in [0.15, 0.2) is 24.3 Å². The summed E-state index contributed by atoms with van der Waals surface area (Å²) < 4.78 is 0. The highest BCUT2D eigenvalue weighted by Crippen LogP contribution is 2.17. The highest BCUT2D eigenvalue weighted by Gasteiger charge is 2.21. The van der Waals surface area contributed by atoms with Crippen LogP contribution in [-0.2, 0) is 0 Å². The Hall–Kier alpha value is -1.20. The van der Waals surface area contributed by atoms with Gasteiger partial charge in [0, 0.05) is 12.3 Å². The molecule has 3 N–H and O–H groups in total. The van der Waals surface area contributed by atoms with Gasteiger partial charge in [-0.25, -0.2) is 4.79 Å². The summed E-state index contributed by atoms with van der Waals surface area (Å²) in [6, 6.07) is 7.89. The predicted molar refractivity (Wildman–Crippen MR) is 89.8 cm³/mol. The van der Waals surface area contributed by atoms with Crippen LogP contribution in [0.25, 0.3) is 0 Å². The Kier molecular flexibility index (Phi) is 7.05. The van der Waals surface area contributed by atoms with E-state index in [1.807, 2.05) is 44.4 Å². The summed E-state index contributed by atoms with van der Waals surface area (Å²) in [6.07, 6.45) is 2.75. The molecule has 0 radical (unpaired) electrons. The molecule has 1 aromatic rings. The van der Waals surface area contributed by atoms with Gasteiger partial charge in [0.05, 0.1) is 11.6 Å². The van der Waals surface area contributed by atoms with Crippen LogP contribution in [0.2, 0.25) is 0 Å². The van der Waals surface area contributed by atoms with E-state index in [1.165, 1.54) is 5.56 Å². The molecule has 1 aromatic carbocycles. The van der Waals surface area contributed by atoms with E-state index in [0.29, 0.717) is 5.75 Å². The van der Waals surface area contributed by atoms with Gasteiger partial charge in [0.25, 0.3) is 0 Å². The summed E-state index contributed by atoms with van der Waals surface area (Å²) in [6.45, 7) is 6.04. The molecule has 0 bridgehead atoms. The molecule has 0 saturated carbocycles. The molecule has 0 spiro atoms. The van der Waals surface area contributed by atoms with Gasteiger partial charge in [0.2, 0.25) is 0 Å². The fourth-order valence-corrected chi connectivity index (χ4v) is 2.79. The molecule has 0 fully saturated rings. The topological polar surface area (TPSA) is 61.4 Å². The molecule has 5 heteroatoms. The summed E-state index contributed by atoms with van der Waals surface area (Å²) in [5.41, 5.74) is 1.41. The molecule has 21 heavy (non-hydrogen) atoms. The molecule has 0 saturated heterocycles. The highest BCUT2D eigenvalue weighted by atomic mass is 32.2. The maximum absolute atomic E-state index is 12.0. The third kappa shape index (κ3) is 6.40. The van der Waals surface area contributed by atoms with E-state index in [0.717, 1.165) is 12.0 Å². The average Bonchev–Trinajstić information content (AvgIpc) is 2.44. The number of rotatable bonds is 7. The molecular weight excluding hydrogens is 284 g/mol. The van der Waals surface area contributed by atoms with Crippen molar-refractivity contribution in [1.29, 1.82) is 0 Å². The van der Waals surface area contributed by atoms with E-state index in [4.69, 9.17) is 0 Å². The molecule has 118 valence electrons. The van der Waals surface area contributed by atoms with Crippen molar-refractivity contribution in [3.63, 3.8) is 0 Å². The lowest BCUT2D eigenvalue weighted by Crippen LogP contribution is -2.46.